The van der Waals surface area contributed by atoms with Crippen LogP contribution in [0.5, 0.6) is 0 Å². The number of aliphatic hydroxyl groups excluding tert-OH is 2. The predicted octanol–water partition coefficient (Wildman–Crippen LogP) is 16.7. The van der Waals surface area contributed by atoms with Crippen LogP contribution in [0.1, 0.15) is 252 Å². The first-order chi connectivity index (χ1) is 32.0. The fraction of sp³-hybridized carbons (Fsp3) is 0.729. The first-order valence-corrected chi connectivity index (χ1v) is 27.3. The molecular weight excluding hydrogens is 803 g/mol. The summed E-state index contributed by atoms with van der Waals surface area (Å²) in [7, 11) is 0. The van der Waals surface area contributed by atoms with Gasteiger partial charge in [-0.05, 0) is 89.9 Å². The summed E-state index contributed by atoms with van der Waals surface area (Å²) in [6.45, 7) is 6.31. The molecule has 0 aliphatic carbocycles. The quantitative estimate of drug-likeness (QED) is 0.0245. The van der Waals surface area contributed by atoms with Crippen LogP contribution in [0.3, 0.4) is 0 Å². The number of amides is 1. The molecule has 0 rings (SSSR count). The van der Waals surface area contributed by atoms with Crippen LogP contribution in [-0.4, -0.2) is 46.9 Å². The number of rotatable bonds is 48. The van der Waals surface area contributed by atoms with E-state index in [-0.39, 0.29) is 24.9 Å². The largest absolute Gasteiger partial charge is 0.462 e. The summed E-state index contributed by atoms with van der Waals surface area (Å²) in [5.41, 5.74) is 0. The smallest absolute Gasteiger partial charge is 0.306 e. The molecule has 0 aromatic carbocycles. The maximum absolute atomic E-state index is 13.2. The zero-order valence-corrected chi connectivity index (χ0v) is 42.6. The van der Waals surface area contributed by atoms with E-state index in [0.717, 1.165) is 96.3 Å². The van der Waals surface area contributed by atoms with Gasteiger partial charge in [0.15, 0.2) is 0 Å². The Morgan fingerprint density at radius 1 is 0.477 bits per heavy atom. The molecule has 0 aliphatic rings. The zero-order valence-electron chi connectivity index (χ0n) is 42.6. The number of esters is 1. The predicted molar refractivity (Wildman–Crippen MR) is 282 cm³/mol. The lowest BCUT2D eigenvalue weighted by molar-refractivity contribution is -0.151. The highest BCUT2D eigenvalue weighted by molar-refractivity contribution is 5.77. The summed E-state index contributed by atoms with van der Waals surface area (Å²) >= 11 is 0. The van der Waals surface area contributed by atoms with Crippen LogP contribution in [0.25, 0.3) is 0 Å². The zero-order chi connectivity index (χ0) is 47.4. The minimum Gasteiger partial charge on any atom is -0.462 e. The van der Waals surface area contributed by atoms with Gasteiger partial charge in [0.1, 0.15) is 6.10 Å². The molecular formula is C59H103NO5. The fourth-order valence-corrected chi connectivity index (χ4v) is 7.88. The van der Waals surface area contributed by atoms with Gasteiger partial charge in [-0.1, -0.05) is 234 Å². The topological polar surface area (TPSA) is 95.9 Å². The third kappa shape index (κ3) is 47.3. The molecule has 0 aromatic heterocycles. The Bertz CT molecular complexity index is 1250. The summed E-state index contributed by atoms with van der Waals surface area (Å²) in [4.78, 5) is 26.2. The van der Waals surface area contributed by atoms with Crippen molar-refractivity contribution in [3.05, 3.63) is 85.1 Å². The van der Waals surface area contributed by atoms with Gasteiger partial charge in [-0.25, -0.2) is 0 Å². The summed E-state index contributed by atoms with van der Waals surface area (Å²) < 4.78 is 5.91. The monoisotopic (exact) mass is 906 g/mol. The Morgan fingerprint density at radius 3 is 1.42 bits per heavy atom. The number of hydrogen-bond donors (Lipinski definition) is 3. The number of nitrogens with one attached hydrogen (secondary N) is 1. The number of hydrogen-bond acceptors (Lipinski definition) is 5. The normalized spacial score (nSPS) is 13.9. The molecule has 6 nitrogen and oxygen atoms in total. The van der Waals surface area contributed by atoms with E-state index in [0.29, 0.717) is 19.3 Å². The van der Waals surface area contributed by atoms with Crippen molar-refractivity contribution in [1.82, 2.24) is 5.32 Å². The van der Waals surface area contributed by atoms with Crippen LogP contribution < -0.4 is 5.32 Å². The molecule has 0 aliphatic heterocycles. The second kappa shape index (κ2) is 52.0. The van der Waals surface area contributed by atoms with Gasteiger partial charge >= 0.3 is 5.97 Å². The molecule has 3 unspecified atom stereocenters. The maximum Gasteiger partial charge on any atom is 0.306 e. The average molecular weight is 906 g/mol. The van der Waals surface area contributed by atoms with E-state index in [9.17, 15) is 19.8 Å². The van der Waals surface area contributed by atoms with Crippen molar-refractivity contribution in [1.29, 1.82) is 0 Å². The van der Waals surface area contributed by atoms with E-state index in [1.807, 2.05) is 12.2 Å². The van der Waals surface area contributed by atoms with Crippen molar-refractivity contribution in [2.24, 2.45) is 0 Å². The highest BCUT2D eigenvalue weighted by atomic mass is 16.5. The van der Waals surface area contributed by atoms with E-state index in [1.54, 1.807) is 0 Å². The van der Waals surface area contributed by atoms with E-state index in [4.69, 9.17) is 4.74 Å². The molecule has 374 valence electrons. The lowest BCUT2D eigenvalue weighted by Crippen LogP contribution is -2.46. The molecule has 65 heavy (non-hydrogen) atoms. The summed E-state index contributed by atoms with van der Waals surface area (Å²) in [6.07, 6.45) is 67.9. The molecule has 0 saturated carbocycles. The molecule has 0 heterocycles. The highest BCUT2D eigenvalue weighted by Gasteiger charge is 2.24. The second-order valence-electron chi connectivity index (χ2n) is 18.3. The van der Waals surface area contributed by atoms with E-state index in [2.05, 4.69) is 99.0 Å². The highest BCUT2D eigenvalue weighted by Crippen LogP contribution is 2.17. The summed E-state index contributed by atoms with van der Waals surface area (Å²) in [5.74, 6) is -0.548. The SMILES string of the molecule is CC/C=C/C=C/C=C\CCCCCC(CC(=O)NC(CO)C(O)CCCCCCCCCCCCCCCCCC)OC(=O)CCCCC/C=C\C/C=C\C/C=C\C/C=C\CCCCC. The van der Waals surface area contributed by atoms with Gasteiger partial charge in [-0.15, -0.1) is 0 Å². The molecule has 6 heteroatoms. The molecule has 0 saturated heterocycles. The van der Waals surface area contributed by atoms with Gasteiger partial charge in [-0.3, -0.25) is 9.59 Å². The lowest BCUT2D eigenvalue weighted by Gasteiger charge is -2.24. The molecule has 0 bridgehead atoms. The summed E-state index contributed by atoms with van der Waals surface area (Å²) in [6, 6.07) is -0.724. The minimum atomic E-state index is -0.807. The molecule has 1 amide bonds. The molecule has 0 aromatic rings. The molecule has 0 spiro atoms. The maximum atomic E-state index is 13.2. The number of carbonyl (C=O) groups excluding carboxylic acids is 2. The Labute approximate surface area is 402 Å². The molecule has 0 fully saturated rings. The number of ether oxygens (including phenoxy) is 1. The number of aliphatic hydroxyl groups is 2. The van der Waals surface area contributed by atoms with Crippen molar-refractivity contribution in [2.75, 3.05) is 6.61 Å². The van der Waals surface area contributed by atoms with Gasteiger partial charge in [0.05, 0.1) is 25.2 Å². The van der Waals surface area contributed by atoms with Crippen LogP contribution in [-0.2, 0) is 14.3 Å². The van der Waals surface area contributed by atoms with E-state index >= 15 is 0 Å². The number of carbonyl (C=O) groups is 2. The van der Waals surface area contributed by atoms with Gasteiger partial charge < -0.3 is 20.3 Å². The minimum absolute atomic E-state index is 0.0377. The van der Waals surface area contributed by atoms with Crippen LogP contribution in [0, 0.1) is 0 Å². The van der Waals surface area contributed by atoms with Crippen molar-refractivity contribution in [3.63, 3.8) is 0 Å². The van der Waals surface area contributed by atoms with Crippen molar-refractivity contribution >= 4 is 11.9 Å². The Kier molecular flexibility index (Phi) is 49.6. The van der Waals surface area contributed by atoms with E-state index in [1.165, 1.54) is 109 Å². The Morgan fingerprint density at radius 2 is 0.892 bits per heavy atom. The van der Waals surface area contributed by atoms with Crippen LogP contribution in [0.2, 0.25) is 0 Å². The first kappa shape index (κ1) is 62.0. The first-order valence-electron chi connectivity index (χ1n) is 27.3. The number of allylic oxidation sites excluding steroid dienone is 14. The van der Waals surface area contributed by atoms with Crippen LogP contribution in [0.15, 0.2) is 85.1 Å². The van der Waals surface area contributed by atoms with Gasteiger partial charge in [0.2, 0.25) is 5.91 Å². The third-order valence-electron chi connectivity index (χ3n) is 12.0. The second-order valence-corrected chi connectivity index (χ2v) is 18.3. The van der Waals surface area contributed by atoms with Crippen molar-refractivity contribution in [3.8, 4) is 0 Å². The Hall–Kier alpha value is -2.96. The van der Waals surface area contributed by atoms with Gasteiger partial charge in [-0.2, -0.15) is 0 Å². The standard InChI is InChI=1S/C59H103NO5/c1-4-7-10-13-16-19-22-24-26-28-29-30-32-34-37-40-43-46-49-52-59(64)65-55(50-47-44-41-38-35-21-18-15-12-9-6-3)53-58(63)60-56(54-61)57(62)51-48-45-42-39-36-33-31-27-25-23-20-17-14-11-8-5-2/h9,12,15-16,18-19,21,24,26,29-30,34-35,37,55-57,61-62H,4-8,10-11,13-14,17,20,22-23,25,27-28,31-33,36,38-54H2,1-3H3,(H,60,63)/b12-9+,18-15+,19-16-,26-24-,30-29-,35-21-,37-34-. The third-order valence-corrected chi connectivity index (χ3v) is 12.0. The molecule has 3 N–H and O–H groups in total. The molecule has 3 atom stereocenters. The Balaban J connectivity index is 4.57. The average Bonchev–Trinajstić information content (AvgIpc) is 3.30. The van der Waals surface area contributed by atoms with Gasteiger partial charge in [0.25, 0.3) is 0 Å². The van der Waals surface area contributed by atoms with Gasteiger partial charge in [0, 0.05) is 6.42 Å². The van der Waals surface area contributed by atoms with Crippen LogP contribution >= 0.6 is 0 Å². The molecule has 0 radical (unpaired) electrons. The van der Waals surface area contributed by atoms with Crippen molar-refractivity contribution < 1.29 is 24.5 Å². The van der Waals surface area contributed by atoms with E-state index < -0.39 is 18.2 Å². The van der Waals surface area contributed by atoms with Crippen molar-refractivity contribution in [2.45, 2.75) is 270 Å². The fourth-order valence-electron chi connectivity index (χ4n) is 7.88. The lowest BCUT2D eigenvalue weighted by atomic mass is 10.0. The van der Waals surface area contributed by atoms with Crippen LogP contribution in [0.4, 0.5) is 0 Å². The number of unbranched alkanes of at least 4 members (excludes halogenated alkanes) is 24. The summed E-state index contributed by atoms with van der Waals surface area (Å²) in [5, 5.41) is 23.8.